The number of methoxy groups -OCH3 is 2. The maximum absolute atomic E-state index is 12.5. The third kappa shape index (κ3) is 7.11. The largest absolute Gasteiger partial charge is 0.497 e. The Kier molecular flexibility index (Phi) is 8.62. The lowest BCUT2D eigenvalue weighted by atomic mass is 9.91. The molecule has 154 valence electrons. The van der Waals surface area contributed by atoms with Crippen LogP contribution in [0.25, 0.3) is 0 Å². The summed E-state index contributed by atoms with van der Waals surface area (Å²) in [4.78, 5) is 10.3. The van der Waals surface area contributed by atoms with Gasteiger partial charge in [0.2, 0.25) is 7.37 Å². The summed E-state index contributed by atoms with van der Waals surface area (Å²) in [5.41, 5.74) is 0.944. The summed E-state index contributed by atoms with van der Waals surface area (Å²) in [5.74, 6) is 1.75. The molecule has 2 rings (SSSR count). The zero-order valence-electron chi connectivity index (χ0n) is 16.7. The molecule has 27 heavy (non-hydrogen) atoms. The summed E-state index contributed by atoms with van der Waals surface area (Å²) in [7, 11) is -0.0978. The van der Waals surface area contributed by atoms with Crippen molar-refractivity contribution < 1.29 is 24.0 Å². The van der Waals surface area contributed by atoms with Crippen LogP contribution in [0.2, 0.25) is 0 Å². The van der Waals surface area contributed by atoms with Crippen molar-refractivity contribution in [2.24, 2.45) is 5.92 Å². The second-order valence-electron chi connectivity index (χ2n) is 7.61. The van der Waals surface area contributed by atoms with E-state index in [1.807, 2.05) is 25.1 Å². The standard InChI is InChI=1S/C20H34NO5P/c1-15(19-10-9-18(25-2)11-20(19)26-3)21-12-17(22)14-27(23,24)13-16-7-5-4-6-8-16/h9-11,15-17,21-22H,4-8,12-14H2,1-3H3,(H,23,24)/t15?,17-/m1/s1. The van der Waals surface area contributed by atoms with E-state index >= 15 is 0 Å². The van der Waals surface area contributed by atoms with E-state index in [1.165, 1.54) is 6.42 Å². The Bertz CT molecular complexity index is 633. The van der Waals surface area contributed by atoms with Gasteiger partial charge in [0.1, 0.15) is 11.5 Å². The van der Waals surface area contributed by atoms with Crippen LogP contribution in [0.15, 0.2) is 18.2 Å². The summed E-state index contributed by atoms with van der Waals surface area (Å²) < 4.78 is 23.1. The van der Waals surface area contributed by atoms with Crippen LogP contribution in [0.3, 0.4) is 0 Å². The maximum atomic E-state index is 12.5. The minimum atomic E-state index is -3.31. The smallest absolute Gasteiger partial charge is 0.203 e. The van der Waals surface area contributed by atoms with Gasteiger partial charge in [-0.2, -0.15) is 0 Å². The van der Waals surface area contributed by atoms with Crippen LogP contribution >= 0.6 is 7.37 Å². The fourth-order valence-electron chi connectivity index (χ4n) is 3.84. The number of rotatable bonds is 10. The summed E-state index contributed by atoms with van der Waals surface area (Å²) >= 11 is 0. The van der Waals surface area contributed by atoms with E-state index in [9.17, 15) is 14.6 Å². The first-order valence-corrected chi connectivity index (χ1v) is 11.8. The molecule has 1 saturated carbocycles. The topological polar surface area (TPSA) is 88.0 Å². The molecule has 6 nitrogen and oxygen atoms in total. The molecule has 1 aliphatic carbocycles. The van der Waals surface area contributed by atoms with Crippen molar-refractivity contribution in [3.8, 4) is 11.5 Å². The summed E-state index contributed by atoms with van der Waals surface area (Å²) in [5, 5.41) is 13.5. The first-order valence-electron chi connectivity index (χ1n) is 9.79. The third-order valence-electron chi connectivity index (χ3n) is 5.33. The van der Waals surface area contributed by atoms with Crippen molar-refractivity contribution in [1.82, 2.24) is 5.32 Å². The normalized spacial score (nSPS) is 19.9. The van der Waals surface area contributed by atoms with Crippen molar-refractivity contribution in [1.29, 1.82) is 0 Å². The average Bonchev–Trinajstić information content (AvgIpc) is 2.65. The number of aliphatic hydroxyl groups excluding tert-OH is 1. The van der Waals surface area contributed by atoms with Gasteiger partial charge in [0.25, 0.3) is 0 Å². The molecule has 1 aromatic carbocycles. The van der Waals surface area contributed by atoms with Gasteiger partial charge >= 0.3 is 0 Å². The molecule has 0 bridgehead atoms. The molecule has 0 saturated heterocycles. The molecule has 0 amide bonds. The highest BCUT2D eigenvalue weighted by Crippen LogP contribution is 2.46. The zero-order chi connectivity index (χ0) is 19.9. The number of benzene rings is 1. The molecular weight excluding hydrogens is 365 g/mol. The number of ether oxygens (including phenoxy) is 2. The Morgan fingerprint density at radius 2 is 1.93 bits per heavy atom. The van der Waals surface area contributed by atoms with Crippen LogP contribution in [-0.2, 0) is 4.57 Å². The molecule has 0 aliphatic heterocycles. The Labute approximate surface area is 162 Å². The molecule has 3 atom stereocenters. The Hall–Kier alpha value is -1.07. The minimum Gasteiger partial charge on any atom is -0.497 e. The number of aliphatic hydroxyl groups is 1. The summed E-state index contributed by atoms with van der Waals surface area (Å²) in [6.07, 6.45) is 5.03. The van der Waals surface area contributed by atoms with Gasteiger partial charge in [0, 0.05) is 30.4 Å². The predicted molar refractivity (Wildman–Crippen MR) is 108 cm³/mol. The molecule has 0 radical (unpaired) electrons. The molecule has 0 heterocycles. The molecule has 1 aromatic rings. The fourth-order valence-corrected chi connectivity index (χ4v) is 5.95. The first-order chi connectivity index (χ1) is 12.8. The van der Waals surface area contributed by atoms with E-state index in [4.69, 9.17) is 9.47 Å². The fraction of sp³-hybridized carbons (Fsp3) is 0.700. The van der Waals surface area contributed by atoms with E-state index in [0.717, 1.165) is 31.2 Å². The van der Waals surface area contributed by atoms with Crippen LogP contribution in [0, 0.1) is 5.92 Å². The number of nitrogens with one attached hydrogen (secondary N) is 1. The lowest BCUT2D eigenvalue weighted by Crippen LogP contribution is -2.32. The lowest BCUT2D eigenvalue weighted by Gasteiger charge is -2.25. The van der Waals surface area contributed by atoms with E-state index < -0.39 is 13.5 Å². The van der Waals surface area contributed by atoms with Crippen molar-refractivity contribution in [2.45, 2.75) is 51.2 Å². The molecule has 3 N–H and O–H groups in total. The second-order valence-corrected chi connectivity index (χ2v) is 10.0. The van der Waals surface area contributed by atoms with Gasteiger partial charge in [-0.15, -0.1) is 0 Å². The monoisotopic (exact) mass is 399 g/mol. The van der Waals surface area contributed by atoms with Gasteiger partial charge in [0.05, 0.1) is 26.5 Å². The highest BCUT2D eigenvalue weighted by atomic mass is 31.2. The molecule has 1 fully saturated rings. The van der Waals surface area contributed by atoms with Gasteiger partial charge in [-0.25, -0.2) is 0 Å². The van der Waals surface area contributed by atoms with Crippen LogP contribution < -0.4 is 14.8 Å². The predicted octanol–water partition coefficient (Wildman–Crippen LogP) is 3.57. The Morgan fingerprint density at radius 1 is 1.22 bits per heavy atom. The van der Waals surface area contributed by atoms with E-state index in [-0.39, 0.29) is 18.7 Å². The van der Waals surface area contributed by atoms with Crippen LogP contribution in [0.5, 0.6) is 11.5 Å². The van der Waals surface area contributed by atoms with Gasteiger partial charge in [-0.05, 0) is 31.7 Å². The van der Waals surface area contributed by atoms with Gasteiger partial charge in [0.15, 0.2) is 0 Å². The summed E-state index contributed by atoms with van der Waals surface area (Å²) in [6.45, 7) is 2.23. The van der Waals surface area contributed by atoms with E-state index in [2.05, 4.69) is 5.32 Å². The van der Waals surface area contributed by atoms with Crippen molar-refractivity contribution >= 4 is 7.37 Å². The quantitative estimate of drug-likeness (QED) is 0.522. The maximum Gasteiger partial charge on any atom is 0.203 e. The van der Waals surface area contributed by atoms with Gasteiger partial charge in [-0.3, -0.25) is 4.57 Å². The first kappa shape index (κ1) is 22.2. The SMILES string of the molecule is COc1ccc(C(C)NC[C@@H](O)CP(=O)(O)CC2CCCCC2)c(OC)c1. The Balaban J connectivity index is 1.85. The number of hydrogen-bond acceptors (Lipinski definition) is 5. The van der Waals surface area contributed by atoms with E-state index in [0.29, 0.717) is 23.6 Å². The lowest BCUT2D eigenvalue weighted by molar-refractivity contribution is 0.185. The molecule has 7 heteroatoms. The number of hydrogen-bond donors (Lipinski definition) is 3. The minimum absolute atomic E-state index is 0.0526. The highest BCUT2D eigenvalue weighted by molar-refractivity contribution is 7.58. The van der Waals surface area contributed by atoms with Gasteiger partial charge in [-0.1, -0.05) is 25.3 Å². The third-order valence-corrected chi connectivity index (χ3v) is 7.41. The van der Waals surface area contributed by atoms with Crippen molar-refractivity contribution in [3.05, 3.63) is 23.8 Å². The highest BCUT2D eigenvalue weighted by Gasteiger charge is 2.28. The van der Waals surface area contributed by atoms with Crippen LogP contribution in [-0.4, -0.2) is 49.2 Å². The zero-order valence-corrected chi connectivity index (χ0v) is 17.6. The molecule has 0 spiro atoms. The second kappa shape index (κ2) is 10.5. The molecule has 2 unspecified atom stereocenters. The van der Waals surface area contributed by atoms with E-state index in [1.54, 1.807) is 14.2 Å². The molecule has 1 aliphatic rings. The van der Waals surface area contributed by atoms with Crippen molar-refractivity contribution in [3.63, 3.8) is 0 Å². The molecular formula is C20H34NO5P. The van der Waals surface area contributed by atoms with Crippen molar-refractivity contribution in [2.75, 3.05) is 33.1 Å². The van der Waals surface area contributed by atoms with Crippen LogP contribution in [0.4, 0.5) is 0 Å². The molecule has 0 aromatic heterocycles. The van der Waals surface area contributed by atoms with Crippen LogP contribution in [0.1, 0.15) is 50.6 Å². The Morgan fingerprint density at radius 3 is 2.56 bits per heavy atom. The van der Waals surface area contributed by atoms with Gasteiger partial charge < -0.3 is 24.8 Å². The average molecular weight is 399 g/mol. The summed E-state index contributed by atoms with van der Waals surface area (Å²) in [6, 6.07) is 5.52.